The van der Waals surface area contributed by atoms with Gasteiger partial charge in [-0.15, -0.1) is 11.8 Å². The Morgan fingerprint density at radius 1 is 1.16 bits per heavy atom. The lowest BCUT2D eigenvalue weighted by Gasteiger charge is -2.09. The van der Waals surface area contributed by atoms with Crippen molar-refractivity contribution in [3.63, 3.8) is 0 Å². The van der Waals surface area contributed by atoms with E-state index in [0.29, 0.717) is 30.0 Å². The molecule has 1 unspecified atom stereocenters. The Kier molecular flexibility index (Phi) is 5.50. The van der Waals surface area contributed by atoms with E-state index in [2.05, 4.69) is 0 Å². The quantitative estimate of drug-likeness (QED) is 0.564. The van der Waals surface area contributed by atoms with E-state index in [1.807, 2.05) is 30.3 Å². The number of benzene rings is 2. The van der Waals surface area contributed by atoms with Crippen molar-refractivity contribution in [3.8, 4) is 5.75 Å². The van der Waals surface area contributed by atoms with Crippen LogP contribution in [0.4, 0.5) is 0 Å². The molecule has 1 aliphatic rings. The standard InChI is InChI=1S/C19H17NO4S/c21-12-20-13-25-18(19(20)23)10-14-6-8-16(9-7-14)24-11-17(22)15-4-2-1-3-5-15/h1-9,12,18H,10-11,13H2. The minimum absolute atomic E-state index is 0.0192. The molecule has 3 rings (SSSR count). The van der Waals surface area contributed by atoms with Crippen LogP contribution in [0.2, 0.25) is 0 Å². The van der Waals surface area contributed by atoms with E-state index in [9.17, 15) is 14.4 Å². The number of carbonyl (C=O) groups is 3. The second-order valence-corrected chi connectivity index (χ2v) is 6.78. The van der Waals surface area contributed by atoms with Crippen molar-refractivity contribution in [2.45, 2.75) is 11.7 Å². The maximum absolute atomic E-state index is 12.0. The van der Waals surface area contributed by atoms with Crippen molar-refractivity contribution in [1.29, 1.82) is 0 Å². The zero-order valence-corrected chi connectivity index (χ0v) is 14.3. The molecule has 2 aromatic rings. The summed E-state index contributed by atoms with van der Waals surface area (Å²) in [7, 11) is 0. The van der Waals surface area contributed by atoms with E-state index in [0.717, 1.165) is 5.56 Å². The fourth-order valence-corrected chi connectivity index (χ4v) is 3.63. The molecule has 2 amide bonds. The van der Waals surface area contributed by atoms with Crippen molar-refractivity contribution in [2.75, 3.05) is 12.5 Å². The van der Waals surface area contributed by atoms with Crippen LogP contribution in [0.25, 0.3) is 0 Å². The van der Waals surface area contributed by atoms with Crippen LogP contribution < -0.4 is 4.74 Å². The molecule has 2 aromatic carbocycles. The third-order valence-corrected chi connectivity index (χ3v) is 5.11. The fourth-order valence-electron chi connectivity index (χ4n) is 2.51. The van der Waals surface area contributed by atoms with Crippen LogP contribution in [0, 0.1) is 0 Å². The number of ketones is 1. The SMILES string of the molecule is O=CN1CSC(Cc2ccc(OCC(=O)c3ccccc3)cc2)C1=O. The summed E-state index contributed by atoms with van der Waals surface area (Å²) in [5.41, 5.74) is 1.61. The summed E-state index contributed by atoms with van der Waals surface area (Å²) in [6.45, 7) is -0.0192. The number of nitrogens with zero attached hydrogens (tertiary/aromatic N) is 1. The average Bonchev–Trinajstić information content (AvgIpc) is 3.01. The molecule has 1 atom stereocenters. The molecule has 0 spiro atoms. The number of thioether (sulfide) groups is 1. The molecule has 25 heavy (non-hydrogen) atoms. The van der Waals surface area contributed by atoms with E-state index in [-0.39, 0.29) is 23.5 Å². The monoisotopic (exact) mass is 355 g/mol. The molecule has 0 N–H and O–H groups in total. The molecule has 1 aliphatic heterocycles. The van der Waals surface area contributed by atoms with Gasteiger partial charge in [0.2, 0.25) is 12.3 Å². The Morgan fingerprint density at radius 2 is 1.88 bits per heavy atom. The maximum Gasteiger partial charge on any atom is 0.243 e. The van der Waals surface area contributed by atoms with Crippen molar-refractivity contribution >= 4 is 29.9 Å². The first-order chi connectivity index (χ1) is 12.2. The van der Waals surface area contributed by atoms with Crippen LogP contribution >= 0.6 is 11.8 Å². The molecule has 0 bridgehead atoms. The molecule has 1 saturated heterocycles. The zero-order chi connectivity index (χ0) is 17.6. The van der Waals surface area contributed by atoms with E-state index in [4.69, 9.17) is 4.74 Å². The van der Waals surface area contributed by atoms with Gasteiger partial charge in [0, 0.05) is 5.56 Å². The van der Waals surface area contributed by atoms with Gasteiger partial charge in [0.15, 0.2) is 12.4 Å². The first kappa shape index (κ1) is 17.2. The van der Waals surface area contributed by atoms with Gasteiger partial charge in [-0.05, 0) is 24.1 Å². The number of imide groups is 1. The molecule has 0 aromatic heterocycles. The summed E-state index contributed by atoms with van der Waals surface area (Å²) in [5.74, 6) is 0.795. The van der Waals surface area contributed by atoms with Gasteiger partial charge in [-0.1, -0.05) is 42.5 Å². The predicted octanol–water partition coefficient (Wildman–Crippen LogP) is 2.55. The highest BCUT2D eigenvalue weighted by Gasteiger charge is 2.31. The van der Waals surface area contributed by atoms with Crippen LogP contribution in [0.3, 0.4) is 0 Å². The topological polar surface area (TPSA) is 63.7 Å². The highest BCUT2D eigenvalue weighted by molar-refractivity contribution is 8.01. The van der Waals surface area contributed by atoms with Gasteiger partial charge in [0.05, 0.1) is 11.1 Å². The molecule has 5 nitrogen and oxygen atoms in total. The van der Waals surface area contributed by atoms with Crippen LogP contribution in [0.5, 0.6) is 5.75 Å². The summed E-state index contributed by atoms with van der Waals surface area (Å²) in [5, 5.41) is -0.225. The Labute approximate surface area is 150 Å². The lowest BCUT2D eigenvalue weighted by Crippen LogP contribution is -2.28. The van der Waals surface area contributed by atoms with E-state index in [1.165, 1.54) is 16.7 Å². The van der Waals surface area contributed by atoms with Crippen molar-refractivity contribution in [2.24, 2.45) is 0 Å². The molecule has 0 saturated carbocycles. The van der Waals surface area contributed by atoms with Gasteiger partial charge in [-0.3, -0.25) is 19.3 Å². The summed E-state index contributed by atoms with van der Waals surface area (Å²) in [4.78, 5) is 35.9. The number of rotatable bonds is 7. The van der Waals surface area contributed by atoms with Crippen molar-refractivity contribution in [1.82, 2.24) is 4.90 Å². The van der Waals surface area contributed by atoms with E-state index in [1.54, 1.807) is 24.3 Å². The first-order valence-corrected chi connectivity index (χ1v) is 8.89. The number of ether oxygens (including phenoxy) is 1. The second kappa shape index (κ2) is 7.98. The van der Waals surface area contributed by atoms with Gasteiger partial charge < -0.3 is 4.74 Å². The maximum atomic E-state index is 12.0. The minimum Gasteiger partial charge on any atom is -0.485 e. The van der Waals surface area contributed by atoms with Gasteiger partial charge in [0.1, 0.15) is 5.75 Å². The van der Waals surface area contributed by atoms with Crippen molar-refractivity contribution in [3.05, 3.63) is 65.7 Å². The van der Waals surface area contributed by atoms with E-state index >= 15 is 0 Å². The Morgan fingerprint density at radius 3 is 2.52 bits per heavy atom. The molecule has 1 heterocycles. The number of hydrogen-bond acceptors (Lipinski definition) is 5. The van der Waals surface area contributed by atoms with Gasteiger partial charge in [0.25, 0.3) is 0 Å². The first-order valence-electron chi connectivity index (χ1n) is 7.85. The molecule has 6 heteroatoms. The lowest BCUT2D eigenvalue weighted by atomic mass is 10.1. The summed E-state index contributed by atoms with van der Waals surface area (Å²) in [6, 6.07) is 16.3. The summed E-state index contributed by atoms with van der Waals surface area (Å²) in [6.07, 6.45) is 1.15. The van der Waals surface area contributed by atoms with Crippen LogP contribution in [-0.4, -0.2) is 40.7 Å². The predicted molar refractivity (Wildman–Crippen MR) is 95.6 cm³/mol. The number of Topliss-reactive ketones (excluding diaryl/α,β-unsaturated/α-hetero) is 1. The summed E-state index contributed by atoms with van der Waals surface area (Å²) >= 11 is 1.46. The molecule has 128 valence electrons. The smallest absolute Gasteiger partial charge is 0.243 e. The highest BCUT2D eigenvalue weighted by atomic mass is 32.2. The Balaban J connectivity index is 1.53. The fraction of sp³-hybridized carbons (Fsp3) is 0.211. The second-order valence-electron chi connectivity index (χ2n) is 5.62. The Hall–Kier alpha value is -2.60. The number of amides is 2. The van der Waals surface area contributed by atoms with Gasteiger partial charge >= 0.3 is 0 Å². The van der Waals surface area contributed by atoms with Gasteiger partial charge in [-0.25, -0.2) is 0 Å². The van der Waals surface area contributed by atoms with Crippen molar-refractivity contribution < 1.29 is 19.1 Å². The molecular weight excluding hydrogens is 338 g/mol. The number of hydrogen-bond donors (Lipinski definition) is 0. The van der Waals surface area contributed by atoms with Crippen LogP contribution in [-0.2, 0) is 16.0 Å². The molecule has 1 fully saturated rings. The minimum atomic E-state index is -0.225. The highest BCUT2D eigenvalue weighted by Crippen LogP contribution is 2.26. The molecular formula is C19H17NO4S. The molecule has 0 radical (unpaired) electrons. The normalized spacial score (nSPS) is 16.7. The summed E-state index contributed by atoms with van der Waals surface area (Å²) < 4.78 is 5.53. The largest absolute Gasteiger partial charge is 0.485 e. The van der Waals surface area contributed by atoms with Gasteiger partial charge in [-0.2, -0.15) is 0 Å². The molecule has 0 aliphatic carbocycles. The lowest BCUT2D eigenvalue weighted by molar-refractivity contribution is -0.135. The third-order valence-electron chi connectivity index (χ3n) is 3.91. The average molecular weight is 355 g/mol. The Bertz CT molecular complexity index is 761. The number of carbonyl (C=O) groups excluding carboxylic acids is 3. The van der Waals surface area contributed by atoms with Crippen LogP contribution in [0.1, 0.15) is 15.9 Å². The van der Waals surface area contributed by atoms with Crippen LogP contribution in [0.15, 0.2) is 54.6 Å². The third kappa shape index (κ3) is 4.28. The van der Waals surface area contributed by atoms with E-state index < -0.39 is 0 Å². The zero-order valence-electron chi connectivity index (χ0n) is 13.5.